The summed E-state index contributed by atoms with van der Waals surface area (Å²) >= 11 is 0. The molecule has 0 unspecified atom stereocenters. The lowest BCUT2D eigenvalue weighted by atomic mass is 10.5. The third-order valence-electron chi connectivity index (χ3n) is 0.643. The SMILES string of the molecule is C=CC(=C)NNS(C)(=O)=O. The van der Waals surface area contributed by atoms with Crippen molar-refractivity contribution in [2.45, 2.75) is 0 Å². The van der Waals surface area contributed by atoms with E-state index in [1.165, 1.54) is 6.08 Å². The van der Waals surface area contributed by atoms with Gasteiger partial charge in [0.25, 0.3) is 0 Å². The van der Waals surface area contributed by atoms with Gasteiger partial charge in [0.2, 0.25) is 10.0 Å². The molecule has 2 N–H and O–H groups in total. The number of hydrazine groups is 1. The van der Waals surface area contributed by atoms with Gasteiger partial charge in [-0.15, -0.1) is 4.83 Å². The molecule has 0 heterocycles. The molecule has 0 aliphatic carbocycles. The molecule has 0 aromatic rings. The molecule has 0 saturated heterocycles. The first-order valence-corrected chi connectivity index (χ1v) is 4.39. The largest absolute Gasteiger partial charge is 0.309 e. The minimum Gasteiger partial charge on any atom is -0.309 e. The van der Waals surface area contributed by atoms with Crippen LogP contribution in [0.5, 0.6) is 0 Å². The number of allylic oxidation sites excluding steroid dienone is 1. The van der Waals surface area contributed by atoms with Crippen LogP contribution in [0.3, 0.4) is 0 Å². The minimum atomic E-state index is -3.20. The topological polar surface area (TPSA) is 58.2 Å². The Morgan fingerprint density at radius 3 is 2.40 bits per heavy atom. The Kier molecular flexibility index (Phi) is 3.11. The standard InChI is InChI=1S/C5H10N2O2S/c1-4-5(2)6-7-10(3,8)9/h4,6-7H,1-2H2,3H3. The molecule has 58 valence electrons. The van der Waals surface area contributed by atoms with E-state index in [0.29, 0.717) is 5.70 Å². The summed E-state index contributed by atoms with van der Waals surface area (Å²) in [6, 6.07) is 0. The minimum absolute atomic E-state index is 0.408. The van der Waals surface area contributed by atoms with Gasteiger partial charge in [0.1, 0.15) is 0 Å². The average Bonchev–Trinajstić information content (AvgIpc) is 1.81. The van der Waals surface area contributed by atoms with Crippen molar-refractivity contribution in [3.05, 3.63) is 24.9 Å². The van der Waals surface area contributed by atoms with Gasteiger partial charge >= 0.3 is 0 Å². The monoisotopic (exact) mass is 162 g/mol. The van der Waals surface area contributed by atoms with Crippen molar-refractivity contribution in [3.63, 3.8) is 0 Å². The Morgan fingerprint density at radius 2 is 2.10 bits per heavy atom. The van der Waals surface area contributed by atoms with Crippen LogP contribution in [0.25, 0.3) is 0 Å². The van der Waals surface area contributed by atoms with Gasteiger partial charge in [-0.1, -0.05) is 13.2 Å². The van der Waals surface area contributed by atoms with Gasteiger partial charge in [-0.3, -0.25) is 0 Å². The van der Waals surface area contributed by atoms with E-state index in [4.69, 9.17) is 0 Å². The van der Waals surface area contributed by atoms with Crippen LogP contribution in [0.1, 0.15) is 0 Å². The number of rotatable bonds is 4. The Morgan fingerprint density at radius 1 is 1.60 bits per heavy atom. The normalized spacial score (nSPS) is 10.5. The van der Waals surface area contributed by atoms with Crippen molar-refractivity contribution >= 4 is 10.0 Å². The highest BCUT2D eigenvalue weighted by Crippen LogP contribution is 1.80. The van der Waals surface area contributed by atoms with Crippen LogP contribution < -0.4 is 10.3 Å². The van der Waals surface area contributed by atoms with Crippen LogP contribution in [0.2, 0.25) is 0 Å². The van der Waals surface area contributed by atoms with Gasteiger partial charge in [-0.05, 0) is 6.08 Å². The Bertz CT molecular complexity index is 230. The van der Waals surface area contributed by atoms with Crippen molar-refractivity contribution in [2.75, 3.05) is 6.26 Å². The summed E-state index contributed by atoms with van der Waals surface area (Å²) < 4.78 is 20.8. The van der Waals surface area contributed by atoms with E-state index < -0.39 is 10.0 Å². The summed E-state index contributed by atoms with van der Waals surface area (Å²) in [5, 5.41) is 0. The lowest BCUT2D eigenvalue weighted by Gasteiger charge is -2.03. The highest BCUT2D eigenvalue weighted by Gasteiger charge is 1.96. The fourth-order valence-corrected chi connectivity index (χ4v) is 0.526. The highest BCUT2D eigenvalue weighted by atomic mass is 32.2. The van der Waals surface area contributed by atoms with Crippen LogP contribution in [0.4, 0.5) is 0 Å². The molecule has 0 amide bonds. The van der Waals surface area contributed by atoms with Gasteiger partial charge in [0.15, 0.2) is 0 Å². The summed E-state index contributed by atoms with van der Waals surface area (Å²) in [7, 11) is -3.20. The summed E-state index contributed by atoms with van der Waals surface area (Å²) in [4.78, 5) is 2.02. The van der Waals surface area contributed by atoms with Crippen molar-refractivity contribution < 1.29 is 8.42 Å². The Hall–Kier alpha value is -0.810. The molecule has 0 bridgehead atoms. The first kappa shape index (κ1) is 9.19. The second kappa shape index (κ2) is 3.38. The fourth-order valence-electron chi connectivity index (χ4n) is 0.209. The van der Waals surface area contributed by atoms with E-state index in [1.807, 2.05) is 4.83 Å². The molecule has 0 spiro atoms. The molecule has 0 radical (unpaired) electrons. The molecule has 0 aliphatic rings. The first-order valence-electron chi connectivity index (χ1n) is 2.50. The first-order chi connectivity index (χ1) is 4.45. The predicted octanol–water partition coefficient (Wildman–Crippen LogP) is -0.260. The molecule has 0 atom stereocenters. The number of nitrogens with one attached hydrogen (secondary N) is 2. The van der Waals surface area contributed by atoms with Crippen LogP contribution in [0.15, 0.2) is 24.9 Å². The predicted molar refractivity (Wildman–Crippen MR) is 40.5 cm³/mol. The summed E-state index contributed by atoms with van der Waals surface area (Å²) in [5.41, 5.74) is 2.73. The van der Waals surface area contributed by atoms with E-state index in [9.17, 15) is 8.42 Å². The lowest BCUT2D eigenvalue weighted by Crippen LogP contribution is -2.34. The van der Waals surface area contributed by atoms with E-state index >= 15 is 0 Å². The van der Waals surface area contributed by atoms with E-state index in [0.717, 1.165) is 6.26 Å². The molecule has 0 aliphatic heterocycles. The molecule has 0 saturated carbocycles. The van der Waals surface area contributed by atoms with Crippen LogP contribution in [-0.2, 0) is 10.0 Å². The maximum Gasteiger partial charge on any atom is 0.225 e. The maximum absolute atomic E-state index is 10.4. The molecule has 0 aromatic carbocycles. The van der Waals surface area contributed by atoms with Gasteiger partial charge in [0.05, 0.1) is 6.26 Å². The van der Waals surface area contributed by atoms with Gasteiger partial charge < -0.3 is 5.43 Å². The zero-order valence-corrected chi connectivity index (χ0v) is 6.53. The summed E-state index contributed by atoms with van der Waals surface area (Å²) in [5.74, 6) is 0. The van der Waals surface area contributed by atoms with Crippen LogP contribution in [-0.4, -0.2) is 14.7 Å². The Labute approximate surface area is 60.7 Å². The molecule has 0 rings (SSSR count). The van der Waals surface area contributed by atoms with Crippen molar-refractivity contribution in [3.8, 4) is 0 Å². The quantitative estimate of drug-likeness (QED) is 0.442. The van der Waals surface area contributed by atoms with E-state index in [-0.39, 0.29) is 0 Å². The summed E-state index contributed by atoms with van der Waals surface area (Å²) in [6.45, 7) is 6.78. The maximum atomic E-state index is 10.4. The molecule has 0 fully saturated rings. The molecule has 10 heavy (non-hydrogen) atoms. The summed E-state index contributed by atoms with van der Waals surface area (Å²) in [6.07, 6.45) is 2.44. The molecule has 5 heteroatoms. The smallest absolute Gasteiger partial charge is 0.225 e. The second-order valence-corrected chi connectivity index (χ2v) is 3.48. The second-order valence-electron chi connectivity index (χ2n) is 1.73. The van der Waals surface area contributed by atoms with E-state index in [1.54, 1.807) is 0 Å². The Balaban J connectivity index is 3.78. The van der Waals surface area contributed by atoms with Crippen LogP contribution in [0, 0.1) is 0 Å². The molecule has 4 nitrogen and oxygen atoms in total. The van der Waals surface area contributed by atoms with Crippen molar-refractivity contribution in [1.29, 1.82) is 0 Å². The fraction of sp³-hybridized carbons (Fsp3) is 0.200. The molecule has 0 aromatic heterocycles. The lowest BCUT2D eigenvalue weighted by molar-refractivity contribution is 0.578. The van der Waals surface area contributed by atoms with Gasteiger partial charge in [-0.25, -0.2) is 8.42 Å². The van der Waals surface area contributed by atoms with Gasteiger partial charge in [0, 0.05) is 5.70 Å². The third-order valence-corrected chi connectivity index (χ3v) is 1.12. The van der Waals surface area contributed by atoms with Crippen molar-refractivity contribution in [1.82, 2.24) is 10.3 Å². The van der Waals surface area contributed by atoms with Gasteiger partial charge in [-0.2, -0.15) is 0 Å². The van der Waals surface area contributed by atoms with E-state index in [2.05, 4.69) is 18.6 Å². The van der Waals surface area contributed by atoms with Crippen LogP contribution >= 0.6 is 0 Å². The highest BCUT2D eigenvalue weighted by molar-refractivity contribution is 7.88. The average molecular weight is 162 g/mol. The third kappa shape index (κ3) is 5.33. The number of sulfonamides is 1. The zero-order chi connectivity index (χ0) is 8.20. The molecular formula is C5H10N2O2S. The van der Waals surface area contributed by atoms with Crippen molar-refractivity contribution in [2.24, 2.45) is 0 Å². The molecular weight excluding hydrogens is 152 g/mol. The number of hydrogen-bond acceptors (Lipinski definition) is 3. The number of hydrogen-bond donors (Lipinski definition) is 2. The zero-order valence-electron chi connectivity index (χ0n) is 5.72.